The first kappa shape index (κ1) is 17.2. The predicted molar refractivity (Wildman–Crippen MR) is 98.0 cm³/mol. The highest BCUT2D eigenvalue weighted by molar-refractivity contribution is 6.03. The second-order valence-corrected chi connectivity index (χ2v) is 5.54. The molecule has 0 aliphatic carbocycles. The molecule has 0 saturated heterocycles. The molecule has 0 unspecified atom stereocenters. The van der Waals surface area contributed by atoms with E-state index in [1.54, 1.807) is 41.2 Å². The molecule has 0 bridgehead atoms. The Kier molecular flexibility index (Phi) is 5.28. The minimum atomic E-state index is -0.323. The van der Waals surface area contributed by atoms with Crippen molar-refractivity contribution in [2.24, 2.45) is 0 Å². The van der Waals surface area contributed by atoms with Gasteiger partial charge < -0.3 is 15.4 Å². The number of anilines is 2. The third-order valence-corrected chi connectivity index (χ3v) is 3.44. The van der Waals surface area contributed by atoms with Gasteiger partial charge >= 0.3 is 0 Å². The summed E-state index contributed by atoms with van der Waals surface area (Å²) in [6.45, 7) is 1.65. The van der Waals surface area contributed by atoms with Crippen molar-refractivity contribution in [2.45, 2.75) is 13.7 Å². The molecular weight excluding hydrogens is 332 g/mol. The van der Waals surface area contributed by atoms with E-state index in [0.29, 0.717) is 11.4 Å². The number of nitrogens with one attached hydrogen (secondary N) is 2. The maximum Gasteiger partial charge on any atom is 0.276 e. The number of aromatic nitrogens is 2. The van der Waals surface area contributed by atoms with Gasteiger partial charge in [0.05, 0.1) is 0 Å². The molecule has 7 nitrogen and oxygen atoms in total. The fourth-order valence-electron chi connectivity index (χ4n) is 2.25. The molecule has 7 heteroatoms. The fraction of sp³-hybridized carbons (Fsp3) is 0.105. The number of hydrogen-bond acceptors (Lipinski definition) is 4. The van der Waals surface area contributed by atoms with Crippen molar-refractivity contribution in [2.75, 3.05) is 10.6 Å². The average Bonchev–Trinajstić information content (AvgIpc) is 3.11. The zero-order chi connectivity index (χ0) is 18.4. The normalized spacial score (nSPS) is 10.2. The second kappa shape index (κ2) is 7.98. The van der Waals surface area contributed by atoms with Gasteiger partial charge in [0.15, 0.2) is 12.4 Å². The van der Waals surface area contributed by atoms with E-state index in [2.05, 4.69) is 15.7 Å². The standard InChI is InChI=1S/C19H18N4O3/c1-14(24)20-15-7-9-16(10-8-15)21-19(25)18-11-12-23(22-18)13-26-17-5-3-2-4-6-17/h2-12H,13H2,1H3,(H,20,24)(H,21,25). The van der Waals surface area contributed by atoms with Crippen LogP contribution in [0.2, 0.25) is 0 Å². The van der Waals surface area contributed by atoms with Gasteiger partial charge in [0.2, 0.25) is 5.91 Å². The number of amides is 2. The molecule has 26 heavy (non-hydrogen) atoms. The van der Waals surface area contributed by atoms with Gasteiger partial charge in [-0.1, -0.05) is 18.2 Å². The number of benzene rings is 2. The first-order chi connectivity index (χ1) is 12.6. The van der Waals surface area contributed by atoms with Crippen LogP contribution in [0.15, 0.2) is 66.9 Å². The first-order valence-corrected chi connectivity index (χ1v) is 8.00. The van der Waals surface area contributed by atoms with E-state index in [0.717, 1.165) is 5.75 Å². The molecule has 0 saturated carbocycles. The van der Waals surface area contributed by atoms with Crippen LogP contribution in [0.1, 0.15) is 17.4 Å². The highest BCUT2D eigenvalue weighted by Crippen LogP contribution is 2.14. The topological polar surface area (TPSA) is 85.2 Å². The molecule has 1 aromatic heterocycles. The minimum absolute atomic E-state index is 0.148. The molecule has 0 fully saturated rings. The Hall–Kier alpha value is -3.61. The average molecular weight is 350 g/mol. The van der Waals surface area contributed by atoms with Gasteiger partial charge in [-0.2, -0.15) is 5.10 Å². The van der Waals surface area contributed by atoms with Gasteiger partial charge in [-0.05, 0) is 42.5 Å². The summed E-state index contributed by atoms with van der Waals surface area (Å²) in [7, 11) is 0. The molecule has 0 aliphatic rings. The maximum absolute atomic E-state index is 12.3. The number of hydrogen-bond donors (Lipinski definition) is 2. The van der Waals surface area contributed by atoms with Crippen molar-refractivity contribution in [3.8, 4) is 5.75 Å². The highest BCUT2D eigenvalue weighted by Gasteiger charge is 2.10. The lowest BCUT2D eigenvalue weighted by Crippen LogP contribution is -2.14. The molecule has 132 valence electrons. The number of para-hydroxylation sites is 1. The predicted octanol–water partition coefficient (Wildman–Crippen LogP) is 3.13. The Morgan fingerprint density at radius 2 is 1.62 bits per heavy atom. The van der Waals surface area contributed by atoms with E-state index in [9.17, 15) is 9.59 Å². The van der Waals surface area contributed by atoms with E-state index in [1.807, 2.05) is 30.3 Å². The number of ether oxygens (including phenoxy) is 1. The van der Waals surface area contributed by atoms with E-state index >= 15 is 0 Å². The van der Waals surface area contributed by atoms with E-state index < -0.39 is 0 Å². The number of carbonyl (C=O) groups is 2. The summed E-state index contributed by atoms with van der Waals surface area (Å²) in [6.07, 6.45) is 1.68. The van der Waals surface area contributed by atoms with Crippen LogP contribution in [0, 0.1) is 0 Å². The van der Waals surface area contributed by atoms with Crippen molar-refractivity contribution >= 4 is 23.2 Å². The van der Waals surface area contributed by atoms with Gasteiger partial charge in [-0.25, -0.2) is 4.68 Å². The maximum atomic E-state index is 12.3. The molecule has 3 aromatic rings. The van der Waals surface area contributed by atoms with Crippen LogP contribution in [0.3, 0.4) is 0 Å². The van der Waals surface area contributed by atoms with E-state index in [-0.39, 0.29) is 24.2 Å². The molecule has 0 atom stereocenters. The smallest absolute Gasteiger partial charge is 0.276 e. The molecule has 2 amide bonds. The van der Waals surface area contributed by atoms with Crippen LogP contribution in [-0.2, 0) is 11.5 Å². The summed E-state index contributed by atoms with van der Waals surface area (Å²) in [6, 6.07) is 17.8. The molecule has 0 aliphatic heterocycles. The molecular formula is C19H18N4O3. The van der Waals surface area contributed by atoms with E-state index in [4.69, 9.17) is 4.74 Å². The van der Waals surface area contributed by atoms with Gasteiger partial charge in [-0.15, -0.1) is 0 Å². The third-order valence-electron chi connectivity index (χ3n) is 3.44. The largest absolute Gasteiger partial charge is 0.471 e. The first-order valence-electron chi connectivity index (χ1n) is 8.00. The van der Waals surface area contributed by atoms with Crippen LogP contribution in [0.5, 0.6) is 5.75 Å². The summed E-state index contributed by atoms with van der Waals surface area (Å²) in [5, 5.41) is 9.63. The minimum Gasteiger partial charge on any atom is -0.471 e. The number of carbonyl (C=O) groups excluding carboxylic acids is 2. The van der Waals surface area contributed by atoms with Crippen molar-refractivity contribution in [1.82, 2.24) is 9.78 Å². The molecule has 1 heterocycles. The van der Waals surface area contributed by atoms with E-state index in [1.165, 1.54) is 6.92 Å². The summed E-state index contributed by atoms with van der Waals surface area (Å²) in [4.78, 5) is 23.3. The van der Waals surface area contributed by atoms with Crippen LogP contribution < -0.4 is 15.4 Å². The molecule has 2 N–H and O–H groups in total. The molecule has 0 spiro atoms. The van der Waals surface area contributed by atoms with Gasteiger partial charge in [0.25, 0.3) is 5.91 Å². The van der Waals surface area contributed by atoms with Gasteiger partial charge in [-0.3, -0.25) is 9.59 Å². The zero-order valence-electron chi connectivity index (χ0n) is 14.2. The molecule has 0 radical (unpaired) electrons. The zero-order valence-corrected chi connectivity index (χ0v) is 14.2. The summed E-state index contributed by atoms with van der Waals surface area (Å²) < 4.78 is 7.13. The van der Waals surface area contributed by atoms with Crippen molar-refractivity contribution < 1.29 is 14.3 Å². The lowest BCUT2D eigenvalue weighted by molar-refractivity contribution is -0.114. The monoisotopic (exact) mass is 350 g/mol. The van der Waals surface area contributed by atoms with Crippen LogP contribution in [0.4, 0.5) is 11.4 Å². The molecule has 2 aromatic carbocycles. The third kappa shape index (κ3) is 4.70. The SMILES string of the molecule is CC(=O)Nc1ccc(NC(=O)c2ccn(COc3ccccc3)n2)cc1. The Labute approximate surface area is 150 Å². The molecule has 3 rings (SSSR count). The van der Waals surface area contributed by atoms with Crippen molar-refractivity contribution in [3.05, 3.63) is 72.6 Å². The van der Waals surface area contributed by atoms with Gasteiger partial charge in [0.1, 0.15) is 5.75 Å². The summed E-state index contributed by atoms with van der Waals surface area (Å²) in [5.74, 6) is 0.258. The number of nitrogens with zero attached hydrogens (tertiary/aromatic N) is 2. The van der Waals surface area contributed by atoms with Crippen molar-refractivity contribution in [1.29, 1.82) is 0 Å². The quantitative estimate of drug-likeness (QED) is 0.715. The highest BCUT2D eigenvalue weighted by atomic mass is 16.5. The Morgan fingerprint density at radius 3 is 2.27 bits per heavy atom. The fourth-order valence-corrected chi connectivity index (χ4v) is 2.25. The second-order valence-electron chi connectivity index (χ2n) is 5.54. The van der Waals surface area contributed by atoms with Crippen molar-refractivity contribution in [3.63, 3.8) is 0 Å². The van der Waals surface area contributed by atoms with Crippen LogP contribution >= 0.6 is 0 Å². The van der Waals surface area contributed by atoms with Crippen LogP contribution in [-0.4, -0.2) is 21.6 Å². The summed E-state index contributed by atoms with van der Waals surface area (Å²) >= 11 is 0. The van der Waals surface area contributed by atoms with Crippen LogP contribution in [0.25, 0.3) is 0 Å². The number of rotatable bonds is 6. The lowest BCUT2D eigenvalue weighted by Gasteiger charge is -2.06. The van der Waals surface area contributed by atoms with Gasteiger partial charge in [0, 0.05) is 24.5 Å². The summed E-state index contributed by atoms with van der Waals surface area (Å²) in [5.41, 5.74) is 1.56. The lowest BCUT2D eigenvalue weighted by atomic mass is 10.2. The Morgan fingerprint density at radius 1 is 0.962 bits per heavy atom. The Bertz CT molecular complexity index is 889. The Balaban J connectivity index is 1.56.